The van der Waals surface area contributed by atoms with Gasteiger partial charge in [0.1, 0.15) is 0 Å². The molecule has 0 saturated carbocycles. The number of hydrogen-bond acceptors (Lipinski definition) is 3. The summed E-state index contributed by atoms with van der Waals surface area (Å²) in [5, 5.41) is 3.26. The van der Waals surface area contributed by atoms with Gasteiger partial charge in [0.25, 0.3) is 0 Å². The number of nitrogens with one attached hydrogen (secondary N) is 1. The van der Waals surface area contributed by atoms with Gasteiger partial charge in [0.15, 0.2) is 0 Å². The molecule has 1 aliphatic rings. The van der Waals surface area contributed by atoms with Crippen LogP contribution < -0.4 is 5.32 Å². The molecular formula is C8H7NO2. The van der Waals surface area contributed by atoms with Crippen LogP contribution in [0.2, 0.25) is 0 Å². The van der Waals surface area contributed by atoms with E-state index in [2.05, 4.69) is 5.32 Å². The van der Waals surface area contributed by atoms with E-state index in [0.29, 0.717) is 0 Å². The second-order valence-corrected chi connectivity index (χ2v) is 2.84. The molecule has 3 nitrogen and oxygen atoms in total. The third-order valence-electron chi connectivity index (χ3n) is 2.12. The fourth-order valence-corrected chi connectivity index (χ4v) is 1.49. The molecule has 3 heteroatoms. The van der Waals surface area contributed by atoms with Gasteiger partial charge < -0.3 is 5.32 Å². The Kier molecular flexibility index (Phi) is 0.830. The highest BCUT2D eigenvalue weighted by atomic mass is 17.0. The first-order chi connectivity index (χ1) is 5.43. The number of rotatable bonds is 0. The first-order valence-electron chi connectivity index (χ1n) is 3.64. The van der Waals surface area contributed by atoms with E-state index in [1.807, 2.05) is 12.1 Å². The van der Waals surface area contributed by atoms with E-state index in [-0.39, 0.29) is 0 Å². The third kappa shape index (κ3) is 0.607. The lowest BCUT2D eigenvalue weighted by Gasteiger charge is -2.00. The summed E-state index contributed by atoms with van der Waals surface area (Å²) in [5.41, 5.74) is 4.39. The zero-order chi connectivity index (χ0) is 7.26. The van der Waals surface area contributed by atoms with E-state index in [0.717, 1.165) is 24.3 Å². The minimum Gasteiger partial charge on any atom is -0.309 e. The highest BCUT2D eigenvalue weighted by molar-refractivity contribution is 5.73. The summed E-state index contributed by atoms with van der Waals surface area (Å²) in [6.45, 7) is 1.90. The van der Waals surface area contributed by atoms with Crippen LogP contribution in [0.1, 0.15) is 11.1 Å². The second-order valence-electron chi connectivity index (χ2n) is 2.84. The lowest BCUT2D eigenvalue weighted by atomic mass is 10.1. The maximum atomic E-state index is 4.77. The molecule has 0 atom stereocenters. The van der Waals surface area contributed by atoms with Gasteiger partial charge in [-0.1, -0.05) is 0 Å². The van der Waals surface area contributed by atoms with Crippen LogP contribution in [-0.4, -0.2) is 0 Å². The zero-order valence-corrected chi connectivity index (χ0v) is 5.89. The quantitative estimate of drug-likeness (QED) is 0.578. The summed E-state index contributed by atoms with van der Waals surface area (Å²) < 4.78 is 9.55. The van der Waals surface area contributed by atoms with Crippen molar-refractivity contribution < 1.29 is 9.15 Å². The van der Waals surface area contributed by atoms with Crippen molar-refractivity contribution in [2.75, 3.05) is 0 Å². The molecule has 56 valence electrons. The van der Waals surface area contributed by atoms with Crippen molar-refractivity contribution in [1.29, 1.82) is 0 Å². The molecule has 0 aliphatic carbocycles. The molecule has 1 aromatic heterocycles. The van der Waals surface area contributed by atoms with Gasteiger partial charge >= 0.3 is 0 Å². The predicted molar refractivity (Wildman–Crippen MR) is 39.0 cm³/mol. The van der Waals surface area contributed by atoms with Crippen LogP contribution in [0.15, 0.2) is 21.3 Å². The summed E-state index contributed by atoms with van der Waals surface area (Å²) in [6.07, 6.45) is 0. The van der Waals surface area contributed by atoms with Crippen molar-refractivity contribution >= 4 is 11.2 Å². The molecule has 1 aliphatic heterocycles. The first kappa shape index (κ1) is 5.43. The van der Waals surface area contributed by atoms with Gasteiger partial charge in [0.05, 0.1) is 0 Å². The molecular weight excluding hydrogens is 142 g/mol. The molecule has 11 heavy (non-hydrogen) atoms. The standard InChI is InChI=1S/C8H7NO2/c1-5-3-9-4-6(5)2-8-7(1)10-11-8/h1-2,9H,3-4H2. The van der Waals surface area contributed by atoms with Gasteiger partial charge in [-0.25, -0.2) is 0 Å². The number of benzene rings is 1. The molecule has 0 spiro atoms. The molecule has 0 unspecified atom stereocenters. The zero-order valence-electron chi connectivity index (χ0n) is 5.89. The Balaban J connectivity index is 2.35. The van der Waals surface area contributed by atoms with Crippen LogP contribution in [-0.2, 0) is 13.1 Å². The predicted octanol–water partition coefficient (Wildman–Crippen LogP) is 1.63. The van der Waals surface area contributed by atoms with Crippen molar-refractivity contribution in [2.24, 2.45) is 0 Å². The molecule has 0 radical (unpaired) electrons. The Morgan fingerprint density at radius 2 is 1.55 bits per heavy atom. The van der Waals surface area contributed by atoms with E-state index in [1.165, 1.54) is 11.1 Å². The molecule has 2 aromatic rings. The molecule has 0 saturated heterocycles. The van der Waals surface area contributed by atoms with E-state index in [1.54, 1.807) is 0 Å². The molecule has 0 amide bonds. The second kappa shape index (κ2) is 1.68. The molecule has 0 fully saturated rings. The van der Waals surface area contributed by atoms with E-state index in [4.69, 9.17) is 9.15 Å². The normalized spacial score (nSPS) is 16.0. The molecule has 3 rings (SSSR count). The minimum atomic E-state index is 0.868. The van der Waals surface area contributed by atoms with Gasteiger partial charge in [-0.15, -0.1) is 0 Å². The van der Waals surface area contributed by atoms with Crippen molar-refractivity contribution in [3.8, 4) is 0 Å². The summed E-state index contributed by atoms with van der Waals surface area (Å²) in [7, 11) is 0. The smallest absolute Gasteiger partial charge is 0.226 e. The van der Waals surface area contributed by atoms with Crippen LogP contribution in [0.5, 0.6) is 0 Å². The summed E-state index contributed by atoms with van der Waals surface area (Å²) in [4.78, 5) is 0. The minimum absolute atomic E-state index is 0.868. The van der Waals surface area contributed by atoms with Crippen molar-refractivity contribution in [1.82, 2.24) is 5.32 Å². The number of fused-ring (bicyclic) bond motifs is 2. The summed E-state index contributed by atoms with van der Waals surface area (Å²) in [5.74, 6) is 0. The third-order valence-corrected chi connectivity index (χ3v) is 2.12. The Morgan fingerprint density at radius 1 is 1.00 bits per heavy atom. The van der Waals surface area contributed by atoms with Gasteiger partial charge in [0.2, 0.25) is 11.2 Å². The Hall–Kier alpha value is -1.22. The average Bonchev–Trinajstić information content (AvgIpc) is 2.40. The Bertz CT molecular complexity index is 362. The van der Waals surface area contributed by atoms with Crippen LogP contribution in [0.4, 0.5) is 0 Å². The highest BCUT2D eigenvalue weighted by Crippen LogP contribution is 2.25. The molecule has 1 N–H and O–H groups in total. The lowest BCUT2D eigenvalue weighted by molar-refractivity contribution is 0.0588. The van der Waals surface area contributed by atoms with Crippen molar-refractivity contribution in [2.45, 2.75) is 13.1 Å². The summed E-state index contributed by atoms with van der Waals surface area (Å²) >= 11 is 0. The average molecular weight is 149 g/mol. The van der Waals surface area contributed by atoms with Gasteiger partial charge in [-0.2, -0.15) is 0 Å². The SMILES string of the molecule is c1c2c(cc3ooc13)CNC2. The maximum absolute atomic E-state index is 4.77. The molecule has 2 heterocycles. The fraction of sp³-hybridized carbons (Fsp3) is 0.250. The van der Waals surface area contributed by atoms with Crippen LogP contribution >= 0.6 is 0 Å². The monoisotopic (exact) mass is 149 g/mol. The summed E-state index contributed by atoms with van der Waals surface area (Å²) in [6, 6.07) is 4.07. The van der Waals surface area contributed by atoms with Crippen LogP contribution in [0.3, 0.4) is 0 Å². The maximum Gasteiger partial charge on any atom is 0.226 e. The van der Waals surface area contributed by atoms with Gasteiger partial charge in [-0.3, -0.25) is 9.15 Å². The molecule has 0 bridgehead atoms. The van der Waals surface area contributed by atoms with E-state index >= 15 is 0 Å². The fourth-order valence-electron chi connectivity index (χ4n) is 1.49. The van der Waals surface area contributed by atoms with Crippen LogP contribution in [0, 0.1) is 0 Å². The lowest BCUT2D eigenvalue weighted by Crippen LogP contribution is -1.99. The largest absolute Gasteiger partial charge is 0.309 e. The molecule has 1 aromatic carbocycles. The van der Waals surface area contributed by atoms with Crippen molar-refractivity contribution in [3.05, 3.63) is 23.3 Å². The van der Waals surface area contributed by atoms with Gasteiger partial charge in [0, 0.05) is 13.1 Å². The van der Waals surface area contributed by atoms with Crippen LogP contribution in [0.25, 0.3) is 11.2 Å². The Morgan fingerprint density at radius 3 is 2.00 bits per heavy atom. The first-order valence-corrected chi connectivity index (χ1v) is 3.64. The number of hydrogen-bond donors (Lipinski definition) is 1. The van der Waals surface area contributed by atoms with E-state index in [9.17, 15) is 0 Å². The topological polar surface area (TPSA) is 38.3 Å². The van der Waals surface area contributed by atoms with E-state index < -0.39 is 0 Å². The highest BCUT2D eigenvalue weighted by Gasteiger charge is 2.14. The van der Waals surface area contributed by atoms with Crippen molar-refractivity contribution in [3.63, 3.8) is 0 Å². The van der Waals surface area contributed by atoms with Gasteiger partial charge in [-0.05, 0) is 23.3 Å². The Labute approximate surface area is 62.9 Å².